The second-order valence-corrected chi connectivity index (χ2v) is 4.73. The molecule has 2 rings (SSSR count). The number of halogens is 1. The summed E-state index contributed by atoms with van der Waals surface area (Å²) >= 11 is 5.86. The molecule has 1 aromatic heterocycles. The van der Waals surface area contributed by atoms with Crippen LogP contribution < -0.4 is 11.1 Å². The van der Waals surface area contributed by atoms with Crippen molar-refractivity contribution >= 4 is 34.7 Å². The minimum Gasteiger partial charge on any atom is -0.384 e. The fourth-order valence-electron chi connectivity index (χ4n) is 1.71. The highest BCUT2D eigenvalue weighted by atomic mass is 35.5. The smallest absolute Gasteiger partial charge is 0.300 e. The highest BCUT2D eigenvalue weighted by Gasteiger charge is 2.21. The summed E-state index contributed by atoms with van der Waals surface area (Å²) in [6.45, 7) is 1.78. The van der Waals surface area contributed by atoms with Crippen molar-refractivity contribution in [1.29, 1.82) is 0 Å². The summed E-state index contributed by atoms with van der Waals surface area (Å²) in [6.07, 6.45) is 0.953. The molecule has 108 valence electrons. The Morgan fingerprint density at radius 1 is 1.43 bits per heavy atom. The van der Waals surface area contributed by atoms with E-state index in [-0.39, 0.29) is 11.4 Å². The summed E-state index contributed by atoms with van der Waals surface area (Å²) in [5, 5.41) is 14.0. The number of carbonyl (C=O) groups excluding carboxylic acids is 1. The molecule has 0 spiro atoms. The zero-order valence-electron chi connectivity index (χ0n) is 11.0. The number of carbonyl (C=O) groups is 1. The molecule has 0 aliphatic rings. The van der Waals surface area contributed by atoms with Gasteiger partial charge in [0.1, 0.15) is 17.6 Å². The fourth-order valence-corrected chi connectivity index (χ4v) is 1.88. The normalized spacial score (nSPS) is 10.2. The number of pyridine rings is 1. The van der Waals surface area contributed by atoms with Gasteiger partial charge in [0.15, 0.2) is 0 Å². The van der Waals surface area contributed by atoms with E-state index in [1.54, 1.807) is 25.1 Å². The van der Waals surface area contributed by atoms with Crippen LogP contribution in [0.4, 0.5) is 17.2 Å². The minimum absolute atomic E-state index is 0.0218. The van der Waals surface area contributed by atoms with E-state index in [9.17, 15) is 14.9 Å². The number of amides is 1. The van der Waals surface area contributed by atoms with Gasteiger partial charge in [-0.3, -0.25) is 14.9 Å². The molecule has 0 aliphatic heterocycles. The number of nitrogens with zero attached hydrogens (tertiary/aromatic N) is 2. The van der Waals surface area contributed by atoms with Crippen LogP contribution in [-0.2, 0) is 0 Å². The highest BCUT2D eigenvalue weighted by Crippen LogP contribution is 2.24. The molecule has 1 heterocycles. The van der Waals surface area contributed by atoms with E-state index >= 15 is 0 Å². The summed E-state index contributed by atoms with van der Waals surface area (Å²) in [4.78, 5) is 26.1. The van der Waals surface area contributed by atoms with Crippen molar-refractivity contribution in [3.8, 4) is 0 Å². The third-order valence-corrected chi connectivity index (χ3v) is 3.03. The minimum atomic E-state index is -0.688. The fraction of sp³-hybridized carbons (Fsp3) is 0.0769. The lowest BCUT2D eigenvalue weighted by Crippen LogP contribution is -2.15. The van der Waals surface area contributed by atoms with E-state index in [0.717, 1.165) is 17.8 Å². The molecule has 0 unspecified atom stereocenters. The maximum Gasteiger partial charge on any atom is 0.300 e. The van der Waals surface area contributed by atoms with Crippen LogP contribution in [0.3, 0.4) is 0 Å². The molecule has 7 nitrogen and oxygen atoms in total. The quantitative estimate of drug-likeness (QED) is 0.669. The molecular weight excluding hydrogens is 296 g/mol. The first-order chi connectivity index (χ1) is 9.88. The Balaban J connectivity index is 2.39. The van der Waals surface area contributed by atoms with Crippen molar-refractivity contribution in [2.45, 2.75) is 6.92 Å². The number of hydrogen-bond donors (Lipinski definition) is 2. The summed E-state index contributed by atoms with van der Waals surface area (Å²) in [5.74, 6) is -0.630. The standard InChI is InChI=1S/C13H11ClN4O3/c1-7-2-3-8(14)4-10(7)17-13(19)9-5-12(15)16-6-11(9)18(20)21/h2-6H,1H3,(H2,15,16)(H,17,19). The van der Waals surface area contributed by atoms with Gasteiger partial charge in [-0.05, 0) is 30.7 Å². The number of aryl methyl sites for hydroxylation is 1. The first-order valence-electron chi connectivity index (χ1n) is 5.86. The van der Waals surface area contributed by atoms with Gasteiger partial charge >= 0.3 is 0 Å². The highest BCUT2D eigenvalue weighted by molar-refractivity contribution is 6.31. The SMILES string of the molecule is Cc1ccc(Cl)cc1NC(=O)c1cc(N)ncc1[N+](=O)[O-]. The zero-order valence-corrected chi connectivity index (χ0v) is 11.7. The lowest BCUT2D eigenvalue weighted by molar-refractivity contribution is -0.385. The molecule has 0 atom stereocenters. The number of rotatable bonds is 3. The van der Waals surface area contributed by atoms with Gasteiger partial charge in [0.05, 0.1) is 4.92 Å². The average molecular weight is 307 g/mol. The third-order valence-electron chi connectivity index (χ3n) is 2.79. The number of aromatic nitrogens is 1. The summed E-state index contributed by atoms with van der Waals surface area (Å²) in [6, 6.07) is 6.13. The average Bonchev–Trinajstić information content (AvgIpc) is 2.42. The molecule has 2 aromatic rings. The van der Waals surface area contributed by atoms with Crippen molar-refractivity contribution in [1.82, 2.24) is 4.98 Å². The molecule has 1 amide bonds. The molecule has 0 bridgehead atoms. The monoisotopic (exact) mass is 306 g/mol. The van der Waals surface area contributed by atoms with Gasteiger partial charge in [-0.25, -0.2) is 4.98 Å². The maximum absolute atomic E-state index is 12.2. The topological polar surface area (TPSA) is 111 Å². The Hall–Kier alpha value is -2.67. The molecule has 0 fully saturated rings. The second kappa shape index (κ2) is 5.76. The number of nitrogens with two attached hydrogens (primary N) is 1. The first-order valence-corrected chi connectivity index (χ1v) is 6.23. The van der Waals surface area contributed by atoms with Crippen molar-refractivity contribution in [3.63, 3.8) is 0 Å². The van der Waals surface area contributed by atoms with Crippen LogP contribution in [0.25, 0.3) is 0 Å². The van der Waals surface area contributed by atoms with E-state index < -0.39 is 16.5 Å². The summed E-state index contributed by atoms with van der Waals surface area (Å²) in [5.41, 5.74) is 6.15. The van der Waals surface area contributed by atoms with Crippen molar-refractivity contribution in [3.05, 3.63) is 56.7 Å². The molecule has 3 N–H and O–H groups in total. The predicted molar refractivity (Wildman–Crippen MR) is 79.4 cm³/mol. The lowest BCUT2D eigenvalue weighted by Gasteiger charge is -2.09. The van der Waals surface area contributed by atoms with Crippen LogP contribution in [0.1, 0.15) is 15.9 Å². The Bertz CT molecular complexity index is 733. The number of anilines is 2. The van der Waals surface area contributed by atoms with Crippen LogP contribution in [0.5, 0.6) is 0 Å². The van der Waals surface area contributed by atoms with Crippen LogP contribution in [0, 0.1) is 17.0 Å². The zero-order chi connectivity index (χ0) is 15.6. The molecular formula is C13H11ClN4O3. The van der Waals surface area contributed by atoms with Crippen molar-refractivity contribution in [2.24, 2.45) is 0 Å². The Kier molecular flexibility index (Phi) is 4.04. The predicted octanol–water partition coefficient (Wildman–Crippen LogP) is 2.79. The Morgan fingerprint density at radius 2 is 2.14 bits per heavy atom. The molecule has 0 aliphatic carbocycles. The first kappa shape index (κ1) is 14.7. The largest absolute Gasteiger partial charge is 0.384 e. The van der Waals surface area contributed by atoms with Gasteiger partial charge in [0.2, 0.25) is 0 Å². The number of benzene rings is 1. The summed E-state index contributed by atoms with van der Waals surface area (Å²) < 4.78 is 0. The lowest BCUT2D eigenvalue weighted by atomic mass is 10.1. The van der Waals surface area contributed by atoms with Gasteiger partial charge in [0.25, 0.3) is 11.6 Å². The van der Waals surface area contributed by atoms with Crippen LogP contribution in [0.2, 0.25) is 5.02 Å². The number of hydrogen-bond acceptors (Lipinski definition) is 5. The second-order valence-electron chi connectivity index (χ2n) is 4.30. The van der Waals surface area contributed by atoms with Crippen molar-refractivity contribution in [2.75, 3.05) is 11.1 Å². The van der Waals surface area contributed by atoms with Crippen LogP contribution in [0.15, 0.2) is 30.5 Å². The van der Waals surface area contributed by atoms with Gasteiger partial charge in [-0.1, -0.05) is 17.7 Å². The van der Waals surface area contributed by atoms with Gasteiger partial charge in [0, 0.05) is 10.7 Å². The Morgan fingerprint density at radius 3 is 2.81 bits per heavy atom. The molecule has 0 saturated carbocycles. The Labute approximate surface area is 124 Å². The van der Waals surface area contributed by atoms with Gasteiger partial charge in [-0.2, -0.15) is 0 Å². The van der Waals surface area contributed by atoms with Crippen LogP contribution >= 0.6 is 11.6 Å². The molecule has 8 heteroatoms. The molecule has 21 heavy (non-hydrogen) atoms. The molecule has 1 aromatic carbocycles. The number of nitrogen functional groups attached to an aromatic ring is 1. The van der Waals surface area contributed by atoms with E-state index in [4.69, 9.17) is 17.3 Å². The van der Waals surface area contributed by atoms with E-state index in [0.29, 0.717) is 10.7 Å². The van der Waals surface area contributed by atoms with Crippen LogP contribution in [-0.4, -0.2) is 15.8 Å². The molecule has 0 radical (unpaired) electrons. The van der Waals surface area contributed by atoms with Crippen molar-refractivity contribution < 1.29 is 9.72 Å². The maximum atomic E-state index is 12.2. The van der Waals surface area contributed by atoms with E-state index in [1.165, 1.54) is 0 Å². The third kappa shape index (κ3) is 3.26. The van der Waals surface area contributed by atoms with E-state index in [2.05, 4.69) is 10.3 Å². The molecule has 0 saturated heterocycles. The summed E-state index contributed by atoms with van der Waals surface area (Å²) in [7, 11) is 0. The number of nitro groups is 1. The van der Waals surface area contributed by atoms with Gasteiger partial charge in [-0.15, -0.1) is 0 Å². The number of nitrogens with one attached hydrogen (secondary N) is 1. The van der Waals surface area contributed by atoms with E-state index in [1.807, 2.05) is 0 Å². The van der Waals surface area contributed by atoms with Gasteiger partial charge < -0.3 is 11.1 Å².